The molecule has 2 amide bonds. The van der Waals surface area contributed by atoms with Gasteiger partial charge >= 0.3 is 5.97 Å². The number of hydrogen-bond donors (Lipinski definition) is 2. The quantitative estimate of drug-likeness (QED) is 0.768. The summed E-state index contributed by atoms with van der Waals surface area (Å²) in [5.74, 6) is -3.52. The van der Waals surface area contributed by atoms with Gasteiger partial charge in [-0.05, 0) is 32.8 Å². The molecule has 0 radical (unpaired) electrons. The van der Waals surface area contributed by atoms with Gasteiger partial charge in [-0.2, -0.15) is 0 Å². The second kappa shape index (κ2) is 6.58. The Hall–Kier alpha value is -2.41. The van der Waals surface area contributed by atoms with Crippen molar-refractivity contribution in [2.75, 3.05) is 7.11 Å². The first kappa shape index (κ1) is 20.3. The van der Waals surface area contributed by atoms with Crippen molar-refractivity contribution < 1.29 is 24.2 Å². The third kappa shape index (κ3) is 2.64. The summed E-state index contributed by atoms with van der Waals surface area (Å²) in [7, 11) is 1.53. The molecule has 0 aromatic heterocycles. The van der Waals surface area contributed by atoms with Gasteiger partial charge in [0.15, 0.2) is 0 Å². The predicted molar refractivity (Wildman–Crippen MR) is 103 cm³/mol. The summed E-state index contributed by atoms with van der Waals surface area (Å²) in [6.07, 6.45) is 0. The minimum absolute atomic E-state index is 0.338. The number of nitrogens with one attached hydrogen (secondary N) is 1. The van der Waals surface area contributed by atoms with Crippen LogP contribution in [0.5, 0.6) is 5.75 Å². The molecule has 1 aromatic carbocycles. The molecule has 152 valence electrons. The predicted octanol–water partition coefficient (Wildman–Crippen LogP) is 2.22. The average molecular weight is 388 g/mol. The molecule has 0 spiro atoms. The highest BCUT2D eigenvalue weighted by atomic mass is 16.5. The number of para-hydroxylation sites is 1. The molecular formula is C21H28N2O5. The molecule has 1 aromatic rings. The fraction of sp³-hybridized carbons (Fsp3) is 0.571. The molecule has 2 saturated heterocycles. The number of rotatable bonds is 4. The number of carboxylic acids is 1. The Morgan fingerprint density at radius 2 is 1.82 bits per heavy atom. The summed E-state index contributed by atoms with van der Waals surface area (Å²) in [6, 6.07) is 6.57. The number of imide groups is 1. The van der Waals surface area contributed by atoms with E-state index in [4.69, 9.17) is 4.74 Å². The van der Waals surface area contributed by atoms with Crippen LogP contribution in [0, 0.1) is 17.8 Å². The lowest BCUT2D eigenvalue weighted by Gasteiger charge is -2.37. The molecule has 2 aliphatic rings. The minimum Gasteiger partial charge on any atom is -0.496 e. The van der Waals surface area contributed by atoms with E-state index in [1.165, 1.54) is 12.0 Å². The Morgan fingerprint density at radius 3 is 2.32 bits per heavy atom. The van der Waals surface area contributed by atoms with Crippen molar-refractivity contribution in [1.29, 1.82) is 0 Å². The van der Waals surface area contributed by atoms with Crippen molar-refractivity contribution in [3.05, 3.63) is 29.8 Å². The highest BCUT2D eigenvalue weighted by molar-refractivity contribution is 6.10. The largest absolute Gasteiger partial charge is 0.496 e. The van der Waals surface area contributed by atoms with Crippen molar-refractivity contribution >= 4 is 17.8 Å². The third-order valence-electron chi connectivity index (χ3n) is 6.00. The van der Waals surface area contributed by atoms with Crippen molar-refractivity contribution in [3.8, 4) is 5.75 Å². The van der Waals surface area contributed by atoms with Crippen LogP contribution in [0.4, 0.5) is 0 Å². The van der Waals surface area contributed by atoms with Gasteiger partial charge in [0.25, 0.3) is 0 Å². The topological polar surface area (TPSA) is 95.9 Å². The molecule has 0 bridgehead atoms. The molecule has 28 heavy (non-hydrogen) atoms. The molecule has 4 unspecified atom stereocenters. The number of likely N-dealkylation sites (tertiary alicyclic amines) is 1. The maximum Gasteiger partial charge on any atom is 0.325 e. The molecular weight excluding hydrogens is 360 g/mol. The van der Waals surface area contributed by atoms with Crippen LogP contribution in [0.15, 0.2) is 24.3 Å². The minimum atomic E-state index is -1.54. The summed E-state index contributed by atoms with van der Waals surface area (Å²) in [6.45, 7) is 8.88. The Balaban J connectivity index is 2.24. The van der Waals surface area contributed by atoms with E-state index in [2.05, 4.69) is 5.32 Å². The van der Waals surface area contributed by atoms with Gasteiger partial charge in [-0.3, -0.25) is 24.6 Å². The monoisotopic (exact) mass is 388 g/mol. The molecule has 0 saturated carbocycles. The summed E-state index contributed by atoms with van der Waals surface area (Å²) in [5.41, 5.74) is -1.59. The lowest BCUT2D eigenvalue weighted by molar-refractivity contribution is -0.155. The van der Waals surface area contributed by atoms with Gasteiger partial charge in [-0.15, -0.1) is 0 Å². The van der Waals surface area contributed by atoms with Gasteiger partial charge in [-0.25, -0.2) is 0 Å². The Morgan fingerprint density at radius 1 is 1.21 bits per heavy atom. The van der Waals surface area contributed by atoms with Crippen LogP contribution in [0.3, 0.4) is 0 Å². The second-order valence-corrected chi connectivity index (χ2v) is 8.88. The fourth-order valence-corrected chi connectivity index (χ4v) is 4.77. The number of fused-ring (bicyclic) bond motifs is 1. The lowest BCUT2D eigenvalue weighted by Crippen LogP contribution is -2.60. The lowest BCUT2D eigenvalue weighted by atomic mass is 9.73. The number of methoxy groups -OCH3 is 1. The SMILES string of the molecule is COc1ccccc1C1NC(C(=O)O)(C(C)C)C2C(=O)N(C(C)(C)C)C(=O)C12. The number of benzene rings is 1. The van der Waals surface area contributed by atoms with Crippen molar-refractivity contribution in [2.45, 2.75) is 51.7 Å². The van der Waals surface area contributed by atoms with E-state index < -0.39 is 46.7 Å². The average Bonchev–Trinajstić information content (AvgIpc) is 3.09. The van der Waals surface area contributed by atoms with Crippen molar-refractivity contribution in [2.24, 2.45) is 17.8 Å². The third-order valence-corrected chi connectivity index (χ3v) is 6.00. The number of amides is 2. The summed E-state index contributed by atoms with van der Waals surface area (Å²) in [4.78, 5) is 40.5. The molecule has 7 nitrogen and oxygen atoms in total. The van der Waals surface area contributed by atoms with E-state index in [1.807, 2.05) is 18.2 Å². The Labute approximate surface area is 165 Å². The maximum atomic E-state index is 13.4. The van der Waals surface area contributed by atoms with Gasteiger partial charge in [0.1, 0.15) is 11.3 Å². The molecule has 2 aliphatic heterocycles. The molecule has 2 fully saturated rings. The van der Waals surface area contributed by atoms with Gasteiger partial charge < -0.3 is 9.84 Å². The molecule has 3 rings (SSSR count). The van der Waals surface area contributed by atoms with E-state index in [1.54, 1.807) is 40.7 Å². The van der Waals surface area contributed by atoms with E-state index in [9.17, 15) is 19.5 Å². The molecule has 0 aliphatic carbocycles. The number of aliphatic carboxylic acids is 1. The summed E-state index contributed by atoms with van der Waals surface area (Å²) in [5, 5.41) is 13.4. The smallest absolute Gasteiger partial charge is 0.325 e. The van der Waals surface area contributed by atoms with Crippen LogP contribution >= 0.6 is 0 Å². The number of ether oxygens (including phenoxy) is 1. The first-order valence-electron chi connectivity index (χ1n) is 9.50. The number of carbonyl (C=O) groups is 3. The number of nitrogens with zero attached hydrogens (tertiary/aromatic N) is 1. The van der Waals surface area contributed by atoms with Crippen LogP contribution in [-0.4, -0.2) is 46.0 Å². The van der Waals surface area contributed by atoms with Crippen molar-refractivity contribution in [1.82, 2.24) is 10.2 Å². The number of carbonyl (C=O) groups excluding carboxylic acids is 2. The van der Waals surface area contributed by atoms with Gasteiger partial charge in [0, 0.05) is 17.1 Å². The summed E-state index contributed by atoms with van der Waals surface area (Å²) >= 11 is 0. The zero-order valence-electron chi connectivity index (χ0n) is 17.1. The Bertz CT molecular complexity index is 828. The normalized spacial score (nSPS) is 30.1. The first-order valence-corrected chi connectivity index (χ1v) is 9.50. The first-order chi connectivity index (χ1) is 13.0. The molecule has 7 heteroatoms. The molecule has 2 N–H and O–H groups in total. The van der Waals surface area contributed by atoms with E-state index in [0.29, 0.717) is 11.3 Å². The van der Waals surface area contributed by atoms with Gasteiger partial charge in [0.2, 0.25) is 11.8 Å². The standard InChI is InChI=1S/C21H28N2O5/c1-11(2)21(19(26)27)15-14(17(24)23(18(15)25)20(3,4)5)16(22-21)12-9-7-8-10-13(12)28-6/h7-11,14-16,22H,1-6H3,(H,26,27). The van der Waals surface area contributed by atoms with Crippen LogP contribution in [-0.2, 0) is 14.4 Å². The van der Waals surface area contributed by atoms with Crippen LogP contribution < -0.4 is 10.1 Å². The maximum absolute atomic E-state index is 13.4. The number of carboxylic acid groups (broad SMARTS) is 1. The van der Waals surface area contributed by atoms with Crippen LogP contribution in [0.25, 0.3) is 0 Å². The van der Waals surface area contributed by atoms with Crippen molar-refractivity contribution in [3.63, 3.8) is 0 Å². The van der Waals surface area contributed by atoms with Crippen LogP contribution in [0.1, 0.15) is 46.2 Å². The van der Waals surface area contributed by atoms with E-state index in [0.717, 1.165) is 0 Å². The highest BCUT2D eigenvalue weighted by Gasteiger charge is 2.70. The van der Waals surface area contributed by atoms with Crippen LogP contribution in [0.2, 0.25) is 0 Å². The molecule has 2 heterocycles. The highest BCUT2D eigenvalue weighted by Crippen LogP contribution is 2.53. The number of hydrogen-bond acceptors (Lipinski definition) is 5. The van der Waals surface area contributed by atoms with Gasteiger partial charge in [0.05, 0.1) is 18.9 Å². The fourth-order valence-electron chi connectivity index (χ4n) is 4.77. The summed E-state index contributed by atoms with van der Waals surface area (Å²) < 4.78 is 5.45. The Kier molecular flexibility index (Phi) is 4.78. The zero-order valence-corrected chi connectivity index (χ0v) is 17.1. The second-order valence-electron chi connectivity index (χ2n) is 8.88. The van der Waals surface area contributed by atoms with E-state index >= 15 is 0 Å². The zero-order chi connectivity index (χ0) is 21.0. The van der Waals surface area contributed by atoms with Gasteiger partial charge in [-0.1, -0.05) is 32.0 Å². The molecule has 4 atom stereocenters. The van der Waals surface area contributed by atoms with E-state index in [-0.39, 0.29) is 5.91 Å².